The predicted molar refractivity (Wildman–Crippen MR) is 100 cm³/mol. The van der Waals surface area contributed by atoms with E-state index < -0.39 is 0 Å². The van der Waals surface area contributed by atoms with E-state index in [1.54, 1.807) is 18.4 Å². The van der Waals surface area contributed by atoms with E-state index >= 15 is 0 Å². The molecule has 0 atom stereocenters. The lowest BCUT2D eigenvalue weighted by Crippen LogP contribution is -2.39. The first-order chi connectivity index (χ1) is 11.7. The van der Waals surface area contributed by atoms with Crippen molar-refractivity contribution in [1.29, 1.82) is 0 Å². The van der Waals surface area contributed by atoms with Gasteiger partial charge in [0.1, 0.15) is 18.1 Å². The summed E-state index contributed by atoms with van der Waals surface area (Å²) in [4.78, 5) is 7.17. The van der Waals surface area contributed by atoms with Gasteiger partial charge in [-0.15, -0.1) is 11.3 Å². The molecule has 0 amide bonds. The van der Waals surface area contributed by atoms with Crippen LogP contribution in [-0.2, 0) is 6.54 Å². The molecule has 1 heterocycles. The van der Waals surface area contributed by atoms with Crippen LogP contribution < -0.4 is 20.1 Å². The van der Waals surface area contributed by atoms with Crippen molar-refractivity contribution < 1.29 is 9.47 Å². The van der Waals surface area contributed by atoms with Gasteiger partial charge in [-0.2, -0.15) is 0 Å². The molecule has 0 aliphatic carbocycles. The first-order valence-corrected chi connectivity index (χ1v) is 8.87. The third-order valence-corrected chi connectivity index (χ3v) is 4.22. The van der Waals surface area contributed by atoms with Crippen molar-refractivity contribution in [2.75, 3.05) is 26.8 Å². The van der Waals surface area contributed by atoms with E-state index in [1.807, 2.05) is 24.3 Å². The van der Waals surface area contributed by atoms with E-state index in [-0.39, 0.29) is 0 Å². The Labute approximate surface area is 147 Å². The second kappa shape index (κ2) is 9.82. The Balaban J connectivity index is 1.78. The molecule has 0 radical (unpaired) electrons. The standard InChI is InChI=1S/C18H25N3O2S/c1-4-19-18(21-13-17-9-8-14(2)24-17)20-10-11-23-16-7-5-6-15(12-16)22-3/h5-9,12H,4,10-11,13H2,1-3H3,(H2,19,20,21). The molecule has 0 saturated carbocycles. The summed E-state index contributed by atoms with van der Waals surface area (Å²) >= 11 is 1.78. The minimum Gasteiger partial charge on any atom is -0.497 e. The zero-order valence-electron chi connectivity index (χ0n) is 14.5. The van der Waals surface area contributed by atoms with Crippen molar-refractivity contribution in [2.45, 2.75) is 20.4 Å². The highest BCUT2D eigenvalue weighted by molar-refractivity contribution is 7.11. The quantitative estimate of drug-likeness (QED) is 0.437. The summed E-state index contributed by atoms with van der Waals surface area (Å²) in [6.07, 6.45) is 0. The van der Waals surface area contributed by atoms with Crippen LogP contribution in [0.15, 0.2) is 41.4 Å². The van der Waals surface area contributed by atoms with Gasteiger partial charge >= 0.3 is 0 Å². The van der Waals surface area contributed by atoms with Crippen LogP contribution in [0.2, 0.25) is 0 Å². The Hall–Kier alpha value is -2.21. The highest BCUT2D eigenvalue weighted by Crippen LogP contribution is 2.18. The molecule has 1 aromatic carbocycles. The van der Waals surface area contributed by atoms with Gasteiger partial charge < -0.3 is 20.1 Å². The number of ether oxygens (including phenoxy) is 2. The Bertz CT molecular complexity index is 655. The molecule has 0 saturated heterocycles. The van der Waals surface area contributed by atoms with Crippen molar-refractivity contribution in [3.05, 3.63) is 46.2 Å². The summed E-state index contributed by atoms with van der Waals surface area (Å²) in [5, 5.41) is 6.53. The number of benzene rings is 1. The van der Waals surface area contributed by atoms with Crippen LogP contribution in [0, 0.1) is 6.92 Å². The third kappa shape index (κ3) is 6.12. The first kappa shape index (κ1) is 18.1. The van der Waals surface area contributed by atoms with E-state index in [0.29, 0.717) is 19.7 Å². The van der Waals surface area contributed by atoms with Crippen LogP contribution in [0.4, 0.5) is 0 Å². The topological polar surface area (TPSA) is 54.9 Å². The fourth-order valence-corrected chi connectivity index (χ4v) is 2.91. The summed E-state index contributed by atoms with van der Waals surface area (Å²) in [6, 6.07) is 11.8. The number of methoxy groups -OCH3 is 1. The van der Waals surface area contributed by atoms with Crippen LogP contribution in [0.3, 0.4) is 0 Å². The number of aliphatic imine (C=N–C) groups is 1. The van der Waals surface area contributed by atoms with Gasteiger partial charge in [0.15, 0.2) is 5.96 Å². The first-order valence-electron chi connectivity index (χ1n) is 8.05. The summed E-state index contributed by atoms with van der Waals surface area (Å²) in [5.74, 6) is 2.39. The maximum Gasteiger partial charge on any atom is 0.191 e. The molecule has 0 bridgehead atoms. The Kier molecular flexibility index (Phi) is 7.42. The number of rotatable bonds is 8. The number of nitrogens with zero attached hydrogens (tertiary/aromatic N) is 1. The maximum atomic E-state index is 5.72. The molecule has 0 spiro atoms. The van der Waals surface area contributed by atoms with E-state index in [2.05, 4.69) is 41.6 Å². The number of nitrogens with one attached hydrogen (secondary N) is 2. The van der Waals surface area contributed by atoms with Crippen LogP contribution in [0.5, 0.6) is 11.5 Å². The summed E-state index contributed by atoms with van der Waals surface area (Å²) in [5.41, 5.74) is 0. The molecule has 0 unspecified atom stereocenters. The Morgan fingerprint density at radius 2 is 2.00 bits per heavy atom. The van der Waals surface area contributed by atoms with Crippen molar-refractivity contribution in [1.82, 2.24) is 10.6 Å². The fraction of sp³-hybridized carbons (Fsp3) is 0.389. The second-order valence-corrected chi connectivity index (χ2v) is 6.53. The second-order valence-electron chi connectivity index (χ2n) is 5.16. The minimum atomic E-state index is 0.551. The van der Waals surface area contributed by atoms with Gasteiger partial charge in [0.2, 0.25) is 0 Å². The van der Waals surface area contributed by atoms with Crippen molar-refractivity contribution in [2.24, 2.45) is 4.99 Å². The van der Waals surface area contributed by atoms with E-state index in [9.17, 15) is 0 Å². The molecule has 2 rings (SSSR count). The van der Waals surface area contributed by atoms with Gasteiger partial charge in [0, 0.05) is 22.4 Å². The molecule has 24 heavy (non-hydrogen) atoms. The normalized spacial score (nSPS) is 11.2. The average molecular weight is 347 g/mol. The van der Waals surface area contributed by atoms with Gasteiger partial charge in [0.25, 0.3) is 0 Å². The molecular weight excluding hydrogens is 322 g/mol. The smallest absolute Gasteiger partial charge is 0.191 e. The van der Waals surface area contributed by atoms with Crippen molar-refractivity contribution >= 4 is 17.3 Å². The predicted octanol–water partition coefficient (Wildman–Crippen LogP) is 3.20. The van der Waals surface area contributed by atoms with Gasteiger partial charge in [-0.05, 0) is 38.1 Å². The van der Waals surface area contributed by atoms with Crippen LogP contribution in [0.25, 0.3) is 0 Å². The SMILES string of the molecule is CCNC(=NCc1ccc(C)s1)NCCOc1cccc(OC)c1. The summed E-state index contributed by atoms with van der Waals surface area (Å²) in [6.45, 7) is 6.90. The molecular formula is C18H25N3O2S. The molecule has 0 aliphatic rings. The molecule has 5 nitrogen and oxygen atoms in total. The van der Waals surface area contributed by atoms with Gasteiger partial charge in [-0.3, -0.25) is 0 Å². The lowest BCUT2D eigenvalue weighted by Gasteiger charge is -2.12. The Morgan fingerprint density at radius 3 is 2.71 bits per heavy atom. The van der Waals surface area contributed by atoms with Crippen molar-refractivity contribution in [3.63, 3.8) is 0 Å². The Morgan fingerprint density at radius 1 is 1.17 bits per heavy atom. The summed E-state index contributed by atoms with van der Waals surface area (Å²) in [7, 11) is 1.65. The molecule has 6 heteroatoms. The highest BCUT2D eigenvalue weighted by atomic mass is 32.1. The van der Waals surface area contributed by atoms with E-state index in [4.69, 9.17) is 9.47 Å². The fourth-order valence-electron chi connectivity index (χ4n) is 2.10. The molecule has 2 N–H and O–H groups in total. The number of guanidine groups is 1. The number of aryl methyl sites for hydroxylation is 1. The molecule has 130 valence electrons. The van der Waals surface area contributed by atoms with Gasteiger partial charge in [-0.1, -0.05) is 6.07 Å². The van der Waals surface area contributed by atoms with Crippen LogP contribution in [0.1, 0.15) is 16.7 Å². The molecule has 1 aromatic heterocycles. The molecule has 0 aliphatic heterocycles. The maximum absolute atomic E-state index is 5.72. The number of thiophene rings is 1. The lowest BCUT2D eigenvalue weighted by atomic mass is 10.3. The van der Waals surface area contributed by atoms with Crippen LogP contribution >= 0.6 is 11.3 Å². The lowest BCUT2D eigenvalue weighted by molar-refractivity contribution is 0.319. The molecule has 0 fully saturated rings. The number of hydrogen-bond donors (Lipinski definition) is 2. The molecule has 2 aromatic rings. The highest BCUT2D eigenvalue weighted by Gasteiger charge is 2.00. The summed E-state index contributed by atoms with van der Waals surface area (Å²) < 4.78 is 10.9. The van der Waals surface area contributed by atoms with Gasteiger partial charge in [-0.25, -0.2) is 4.99 Å². The number of hydrogen-bond acceptors (Lipinski definition) is 4. The monoisotopic (exact) mass is 347 g/mol. The van der Waals surface area contributed by atoms with Gasteiger partial charge in [0.05, 0.1) is 20.2 Å². The van der Waals surface area contributed by atoms with E-state index in [1.165, 1.54) is 9.75 Å². The third-order valence-electron chi connectivity index (χ3n) is 3.24. The largest absolute Gasteiger partial charge is 0.497 e. The van der Waals surface area contributed by atoms with Crippen molar-refractivity contribution in [3.8, 4) is 11.5 Å². The average Bonchev–Trinajstić information content (AvgIpc) is 3.02. The minimum absolute atomic E-state index is 0.551. The zero-order valence-corrected chi connectivity index (χ0v) is 15.3. The zero-order chi connectivity index (χ0) is 17.2. The van der Waals surface area contributed by atoms with Crippen LogP contribution in [-0.4, -0.2) is 32.8 Å². The van der Waals surface area contributed by atoms with E-state index in [0.717, 1.165) is 24.0 Å².